The first-order valence-electron chi connectivity index (χ1n) is 5.36. The Morgan fingerprint density at radius 2 is 2.00 bits per heavy atom. The normalized spacial score (nSPS) is 10.8. The second-order valence-corrected chi connectivity index (χ2v) is 3.79. The Hall–Kier alpha value is -2.11. The molecule has 0 saturated carbocycles. The van der Waals surface area contributed by atoms with E-state index in [2.05, 4.69) is 10.3 Å². The second kappa shape index (κ2) is 4.04. The summed E-state index contributed by atoms with van der Waals surface area (Å²) in [5.41, 5.74) is -0.0765. The van der Waals surface area contributed by atoms with E-state index < -0.39 is 0 Å². The Morgan fingerprint density at radius 3 is 2.65 bits per heavy atom. The van der Waals surface area contributed by atoms with Gasteiger partial charge in [0, 0.05) is 26.8 Å². The van der Waals surface area contributed by atoms with Crippen molar-refractivity contribution in [3.8, 4) is 0 Å². The highest BCUT2D eigenvalue weighted by molar-refractivity contribution is 5.88. The number of fused-ring (bicyclic) bond motifs is 1. The van der Waals surface area contributed by atoms with Crippen LogP contribution in [0.5, 0.6) is 0 Å². The molecule has 17 heavy (non-hydrogen) atoms. The molecule has 0 saturated heterocycles. The summed E-state index contributed by atoms with van der Waals surface area (Å²) in [5.74, 6) is 0.515. The first kappa shape index (κ1) is 11.4. The fourth-order valence-corrected chi connectivity index (χ4v) is 1.83. The molecule has 2 aromatic heterocycles. The fraction of sp³-hybridized carbons (Fsp3) is 0.364. The zero-order valence-corrected chi connectivity index (χ0v) is 10.0. The zero-order chi connectivity index (χ0) is 12.6. The van der Waals surface area contributed by atoms with Crippen LogP contribution in [0.25, 0.3) is 10.9 Å². The van der Waals surface area contributed by atoms with Crippen molar-refractivity contribution in [2.45, 2.75) is 6.92 Å². The molecule has 0 aliphatic carbocycles. The smallest absolute Gasteiger partial charge is 0.330 e. The predicted molar refractivity (Wildman–Crippen MR) is 66.4 cm³/mol. The Labute approximate surface area is 97.5 Å². The average molecular weight is 234 g/mol. The monoisotopic (exact) mass is 234 g/mol. The topological polar surface area (TPSA) is 68.9 Å². The van der Waals surface area contributed by atoms with Crippen LogP contribution in [0.1, 0.15) is 6.92 Å². The van der Waals surface area contributed by atoms with Gasteiger partial charge in [-0.1, -0.05) is 0 Å². The summed E-state index contributed by atoms with van der Waals surface area (Å²) in [7, 11) is 3.10. The molecule has 6 nitrogen and oxygen atoms in total. The first-order valence-corrected chi connectivity index (χ1v) is 5.36. The molecule has 0 atom stereocenters. The summed E-state index contributed by atoms with van der Waals surface area (Å²) >= 11 is 0. The van der Waals surface area contributed by atoms with E-state index in [9.17, 15) is 9.59 Å². The summed E-state index contributed by atoms with van der Waals surface area (Å²) < 4.78 is 2.53. The van der Waals surface area contributed by atoms with Gasteiger partial charge in [0.25, 0.3) is 5.56 Å². The number of aryl methyl sites for hydroxylation is 1. The molecule has 0 aromatic carbocycles. The largest absolute Gasteiger partial charge is 0.370 e. The molecule has 0 amide bonds. The van der Waals surface area contributed by atoms with Crippen molar-refractivity contribution in [2.75, 3.05) is 11.9 Å². The van der Waals surface area contributed by atoms with Crippen LogP contribution < -0.4 is 16.6 Å². The van der Waals surface area contributed by atoms with Gasteiger partial charge >= 0.3 is 5.69 Å². The van der Waals surface area contributed by atoms with Crippen molar-refractivity contribution in [3.05, 3.63) is 33.1 Å². The second-order valence-electron chi connectivity index (χ2n) is 3.79. The van der Waals surface area contributed by atoms with Gasteiger partial charge in [-0.2, -0.15) is 0 Å². The van der Waals surface area contributed by atoms with E-state index in [1.807, 2.05) is 6.92 Å². The van der Waals surface area contributed by atoms with Crippen LogP contribution in [0.4, 0.5) is 5.82 Å². The van der Waals surface area contributed by atoms with Gasteiger partial charge in [-0.15, -0.1) is 0 Å². The predicted octanol–water partition coefficient (Wildman–Crippen LogP) is 0.0640. The van der Waals surface area contributed by atoms with Crippen LogP contribution in [0.2, 0.25) is 0 Å². The van der Waals surface area contributed by atoms with E-state index in [4.69, 9.17) is 0 Å². The van der Waals surface area contributed by atoms with Crippen molar-refractivity contribution in [1.82, 2.24) is 14.1 Å². The minimum absolute atomic E-state index is 0.327. The van der Waals surface area contributed by atoms with E-state index in [1.165, 1.54) is 11.6 Å². The van der Waals surface area contributed by atoms with Gasteiger partial charge in [0.1, 0.15) is 11.2 Å². The number of aromatic nitrogens is 3. The number of nitrogens with zero attached hydrogens (tertiary/aromatic N) is 3. The van der Waals surface area contributed by atoms with E-state index in [0.717, 1.165) is 4.57 Å². The third-order valence-electron chi connectivity index (χ3n) is 2.73. The number of hydrogen-bond acceptors (Lipinski definition) is 4. The van der Waals surface area contributed by atoms with E-state index in [-0.39, 0.29) is 11.2 Å². The van der Waals surface area contributed by atoms with E-state index >= 15 is 0 Å². The van der Waals surface area contributed by atoms with Gasteiger partial charge in [-0.25, -0.2) is 9.78 Å². The molecule has 0 unspecified atom stereocenters. The van der Waals surface area contributed by atoms with Crippen LogP contribution in [-0.2, 0) is 14.1 Å². The summed E-state index contributed by atoms with van der Waals surface area (Å²) in [6.07, 6.45) is 1.58. The summed E-state index contributed by atoms with van der Waals surface area (Å²) in [6.45, 7) is 2.59. The lowest BCUT2D eigenvalue weighted by Gasteiger charge is -2.10. The number of nitrogens with one attached hydrogen (secondary N) is 1. The molecule has 0 aliphatic heterocycles. The van der Waals surface area contributed by atoms with Crippen molar-refractivity contribution in [2.24, 2.45) is 14.1 Å². The lowest BCUT2D eigenvalue weighted by atomic mass is 10.2. The maximum absolute atomic E-state index is 12.1. The highest BCUT2D eigenvalue weighted by Gasteiger charge is 2.12. The number of hydrogen-bond donors (Lipinski definition) is 1. The zero-order valence-electron chi connectivity index (χ0n) is 10.0. The van der Waals surface area contributed by atoms with Gasteiger partial charge < -0.3 is 5.32 Å². The van der Waals surface area contributed by atoms with E-state index in [0.29, 0.717) is 23.3 Å². The van der Waals surface area contributed by atoms with E-state index in [1.54, 1.807) is 19.3 Å². The summed E-state index contributed by atoms with van der Waals surface area (Å²) in [6, 6.07) is 1.67. The fourth-order valence-electron chi connectivity index (χ4n) is 1.83. The van der Waals surface area contributed by atoms with Gasteiger partial charge in [0.05, 0.1) is 5.52 Å². The van der Waals surface area contributed by atoms with Gasteiger partial charge in [-0.05, 0) is 13.0 Å². The van der Waals surface area contributed by atoms with Gasteiger partial charge in [-0.3, -0.25) is 13.9 Å². The van der Waals surface area contributed by atoms with Crippen LogP contribution in [0.15, 0.2) is 21.9 Å². The molecule has 0 bridgehead atoms. The molecular weight excluding hydrogens is 220 g/mol. The third-order valence-corrected chi connectivity index (χ3v) is 2.73. The molecular formula is C11H14N4O2. The minimum Gasteiger partial charge on any atom is -0.370 e. The van der Waals surface area contributed by atoms with Crippen molar-refractivity contribution in [1.29, 1.82) is 0 Å². The molecule has 90 valence electrons. The third kappa shape index (κ3) is 1.61. The number of rotatable bonds is 2. The molecule has 2 heterocycles. The van der Waals surface area contributed by atoms with Crippen LogP contribution in [-0.4, -0.2) is 20.7 Å². The van der Waals surface area contributed by atoms with Gasteiger partial charge in [0.15, 0.2) is 0 Å². The maximum atomic E-state index is 12.1. The molecule has 2 aromatic rings. The van der Waals surface area contributed by atoms with Crippen LogP contribution in [0.3, 0.4) is 0 Å². The van der Waals surface area contributed by atoms with Crippen molar-refractivity contribution < 1.29 is 0 Å². The number of anilines is 1. The average Bonchev–Trinajstić information content (AvgIpc) is 2.34. The lowest BCUT2D eigenvalue weighted by Crippen LogP contribution is -2.37. The standard InChI is InChI=1S/C11H14N4O2/c1-4-12-9-8-7(5-6-13-9)14(2)11(17)15(3)10(8)16/h5-6H,4H2,1-3H3,(H,12,13). The van der Waals surface area contributed by atoms with Crippen molar-refractivity contribution >= 4 is 16.7 Å². The quantitative estimate of drug-likeness (QED) is 0.798. The first-order chi connectivity index (χ1) is 8.07. The molecule has 0 spiro atoms. The Bertz CT molecular complexity index is 684. The molecule has 6 heteroatoms. The maximum Gasteiger partial charge on any atom is 0.330 e. The molecule has 0 radical (unpaired) electrons. The lowest BCUT2D eigenvalue weighted by molar-refractivity contribution is 0.713. The minimum atomic E-state index is -0.337. The van der Waals surface area contributed by atoms with Gasteiger partial charge in [0.2, 0.25) is 0 Å². The van der Waals surface area contributed by atoms with Crippen LogP contribution in [0, 0.1) is 0 Å². The molecule has 1 N–H and O–H groups in total. The molecule has 0 aliphatic rings. The summed E-state index contributed by atoms with van der Waals surface area (Å²) in [4.78, 5) is 28.0. The number of pyridine rings is 1. The Morgan fingerprint density at radius 1 is 1.29 bits per heavy atom. The highest BCUT2D eigenvalue weighted by Crippen LogP contribution is 2.14. The van der Waals surface area contributed by atoms with Crippen LogP contribution >= 0.6 is 0 Å². The molecule has 2 rings (SSSR count). The Balaban J connectivity index is 3.01. The van der Waals surface area contributed by atoms with Crippen molar-refractivity contribution in [3.63, 3.8) is 0 Å². The Kier molecular flexibility index (Phi) is 2.71. The molecule has 0 fully saturated rings. The SMILES string of the molecule is CCNc1nccc2c1c(=O)n(C)c(=O)n2C. The highest BCUT2D eigenvalue weighted by atomic mass is 16.2. The summed E-state index contributed by atoms with van der Waals surface area (Å²) in [5, 5.41) is 3.47.